The van der Waals surface area contributed by atoms with E-state index in [9.17, 15) is 4.79 Å². The molecule has 2 atom stereocenters. The smallest absolute Gasteiger partial charge is 0.312 e. The predicted octanol–water partition coefficient (Wildman–Crippen LogP) is 0.971. The summed E-state index contributed by atoms with van der Waals surface area (Å²) < 4.78 is 5.08. The van der Waals surface area contributed by atoms with Gasteiger partial charge in [0, 0.05) is 0 Å². The molecule has 2 rings (SSSR count). The topological polar surface area (TPSA) is 76.1 Å². The Morgan fingerprint density at radius 3 is 2.81 bits per heavy atom. The fraction of sp³-hybridized carbons (Fsp3) is 0.333. The van der Waals surface area contributed by atoms with Crippen LogP contribution in [-0.4, -0.2) is 11.5 Å². The highest BCUT2D eigenvalue weighted by Gasteiger charge is 2.57. The molecule has 0 aromatic heterocycles. The van der Waals surface area contributed by atoms with Crippen LogP contribution >= 0.6 is 0 Å². The molecule has 0 bridgehead atoms. The zero-order valence-corrected chi connectivity index (χ0v) is 8.72. The Labute approximate surface area is 93.6 Å². The Kier molecular flexibility index (Phi) is 2.63. The zero-order chi connectivity index (χ0) is 11.6. The molecule has 1 aromatic rings. The summed E-state index contributed by atoms with van der Waals surface area (Å²) in [4.78, 5) is 11.5. The minimum absolute atomic E-state index is 0.234. The van der Waals surface area contributed by atoms with Gasteiger partial charge >= 0.3 is 5.97 Å². The van der Waals surface area contributed by atoms with Gasteiger partial charge in [-0.2, -0.15) is 5.26 Å². The third-order valence-electron chi connectivity index (χ3n) is 2.72. The van der Waals surface area contributed by atoms with Crippen molar-refractivity contribution >= 4 is 5.97 Å². The molecule has 0 radical (unpaired) electrons. The first kappa shape index (κ1) is 10.7. The van der Waals surface area contributed by atoms with E-state index >= 15 is 0 Å². The third-order valence-corrected chi connectivity index (χ3v) is 2.72. The molecule has 1 aliphatic rings. The maximum absolute atomic E-state index is 11.5. The standard InChI is InChI=1S/C12H12N2O2/c13-8-12(14)6-10(12)11(15)16-7-9-4-2-1-3-5-9/h1-5,10H,6-7,14H2/t10-,12+/m1/s1. The number of nitrogens with zero attached hydrogens (tertiary/aromatic N) is 1. The predicted molar refractivity (Wildman–Crippen MR) is 56.9 cm³/mol. The monoisotopic (exact) mass is 216 g/mol. The number of nitrogens with two attached hydrogens (primary N) is 1. The lowest BCUT2D eigenvalue weighted by Crippen LogP contribution is -2.26. The van der Waals surface area contributed by atoms with Gasteiger partial charge < -0.3 is 10.5 Å². The number of esters is 1. The van der Waals surface area contributed by atoms with E-state index in [0.717, 1.165) is 5.56 Å². The van der Waals surface area contributed by atoms with Crippen LogP contribution in [0.3, 0.4) is 0 Å². The van der Waals surface area contributed by atoms with Gasteiger partial charge in [0.05, 0.1) is 12.0 Å². The van der Waals surface area contributed by atoms with Gasteiger partial charge in [-0.1, -0.05) is 30.3 Å². The van der Waals surface area contributed by atoms with Crippen molar-refractivity contribution in [1.82, 2.24) is 0 Å². The highest BCUT2D eigenvalue weighted by molar-refractivity contribution is 5.79. The first-order valence-electron chi connectivity index (χ1n) is 5.06. The first-order chi connectivity index (χ1) is 7.65. The SMILES string of the molecule is N#C[C@@]1(N)C[C@@H]1C(=O)OCc1ccccc1. The molecular formula is C12H12N2O2. The summed E-state index contributed by atoms with van der Waals surface area (Å²) in [5.74, 6) is -0.839. The van der Waals surface area contributed by atoms with Crippen molar-refractivity contribution in [3.8, 4) is 6.07 Å². The van der Waals surface area contributed by atoms with Gasteiger partial charge in [-0.05, 0) is 12.0 Å². The number of nitriles is 1. The maximum atomic E-state index is 11.5. The second-order valence-corrected chi connectivity index (χ2v) is 4.00. The van der Waals surface area contributed by atoms with E-state index in [-0.39, 0.29) is 12.6 Å². The normalized spacial score (nSPS) is 26.9. The minimum atomic E-state index is -0.992. The van der Waals surface area contributed by atoms with Crippen molar-refractivity contribution in [2.75, 3.05) is 0 Å². The Hall–Kier alpha value is -1.86. The molecule has 2 N–H and O–H groups in total. The van der Waals surface area contributed by atoms with Crippen molar-refractivity contribution in [3.63, 3.8) is 0 Å². The highest BCUT2D eigenvalue weighted by Crippen LogP contribution is 2.41. The lowest BCUT2D eigenvalue weighted by Gasteiger charge is -2.04. The van der Waals surface area contributed by atoms with Crippen LogP contribution in [0.15, 0.2) is 30.3 Å². The molecule has 1 fully saturated rings. The fourth-order valence-electron chi connectivity index (χ4n) is 1.53. The number of hydrogen-bond donors (Lipinski definition) is 1. The van der Waals surface area contributed by atoms with Crippen LogP contribution < -0.4 is 5.73 Å². The van der Waals surface area contributed by atoms with Crippen LogP contribution in [0, 0.1) is 17.2 Å². The second kappa shape index (κ2) is 3.95. The summed E-state index contributed by atoms with van der Waals surface area (Å²) >= 11 is 0. The molecule has 0 amide bonds. The molecular weight excluding hydrogens is 204 g/mol. The van der Waals surface area contributed by atoms with Gasteiger partial charge in [-0.15, -0.1) is 0 Å². The van der Waals surface area contributed by atoms with Gasteiger partial charge in [-0.3, -0.25) is 4.79 Å². The highest BCUT2D eigenvalue weighted by atomic mass is 16.5. The maximum Gasteiger partial charge on any atom is 0.312 e. The van der Waals surface area contributed by atoms with Crippen molar-refractivity contribution in [2.45, 2.75) is 18.6 Å². The number of carbonyl (C=O) groups is 1. The summed E-state index contributed by atoms with van der Waals surface area (Å²) in [6.45, 7) is 0.234. The second-order valence-electron chi connectivity index (χ2n) is 4.00. The van der Waals surface area contributed by atoms with E-state index in [1.54, 1.807) is 0 Å². The van der Waals surface area contributed by atoms with Crippen LogP contribution in [0.25, 0.3) is 0 Å². The molecule has 0 saturated heterocycles. The first-order valence-corrected chi connectivity index (χ1v) is 5.06. The van der Waals surface area contributed by atoms with Gasteiger partial charge in [0.1, 0.15) is 12.1 Å². The average molecular weight is 216 g/mol. The molecule has 1 aliphatic carbocycles. The Balaban J connectivity index is 1.85. The summed E-state index contributed by atoms with van der Waals surface area (Å²) in [6.07, 6.45) is 0.400. The van der Waals surface area contributed by atoms with Crippen molar-refractivity contribution in [3.05, 3.63) is 35.9 Å². The van der Waals surface area contributed by atoms with E-state index in [2.05, 4.69) is 0 Å². The molecule has 16 heavy (non-hydrogen) atoms. The lowest BCUT2D eigenvalue weighted by atomic mass is 10.2. The molecule has 82 valence electrons. The van der Waals surface area contributed by atoms with Gasteiger partial charge in [0.2, 0.25) is 0 Å². The van der Waals surface area contributed by atoms with Crippen molar-refractivity contribution < 1.29 is 9.53 Å². The number of ether oxygens (including phenoxy) is 1. The third kappa shape index (κ3) is 2.05. The van der Waals surface area contributed by atoms with Crippen LogP contribution in [0.4, 0.5) is 0 Å². The molecule has 4 heteroatoms. The Bertz CT molecular complexity index is 438. The number of carbonyl (C=O) groups excluding carboxylic acids is 1. The number of hydrogen-bond acceptors (Lipinski definition) is 4. The summed E-state index contributed by atoms with van der Waals surface area (Å²) in [7, 11) is 0. The van der Waals surface area contributed by atoms with Crippen molar-refractivity contribution in [1.29, 1.82) is 5.26 Å². The number of benzene rings is 1. The molecule has 0 heterocycles. The van der Waals surface area contributed by atoms with E-state index < -0.39 is 11.5 Å². The van der Waals surface area contributed by atoms with Gasteiger partial charge in [0.25, 0.3) is 0 Å². The van der Waals surface area contributed by atoms with Crippen molar-refractivity contribution in [2.24, 2.45) is 11.7 Å². The molecule has 1 aromatic carbocycles. The summed E-state index contributed by atoms with van der Waals surface area (Å²) in [5.41, 5.74) is 5.53. The fourth-order valence-corrected chi connectivity index (χ4v) is 1.53. The molecule has 0 unspecified atom stereocenters. The van der Waals surface area contributed by atoms with E-state index in [1.807, 2.05) is 36.4 Å². The Morgan fingerprint density at radius 1 is 1.56 bits per heavy atom. The van der Waals surface area contributed by atoms with E-state index in [1.165, 1.54) is 0 Å². The summed E-state index contributed by atoms with van der Waals surface area (Å²) in [6, 6.07) is 11.3. The molecule has 0 spiro atoms. The summed E-state index contributed by atoms with van der Waals surface area (Å²) in [5, 5.41) is 8.69. The molecule has 0 aliphatic heterocycles. The van der Waals surface area contributed by atoms with Gasteiger partial charge in [-0.25, -0.2) is 0 Å². The van der Waals surface area contributed by atoms with Crippen LogP contribution in [0.2, 0.25) is 0 Å². The molecule has 4 nitrogen and oxygen atoms in total. The van der Waals surface area contributed by atoms with Crippen LogP contribution in [0.1, 0.15) is 12.0 Å². The van der Waals surface area contributed by atoms with E-state index in [0.29, 0.717) is 6.42 Å². The van der Waals surface area contributed by atoms with Crippen LogP contribution in [-0.2, 0) is 16.1 Å². The minimum Gasteiger partial charge on any atom is -0.461 e. The average Bonchev–Trinajstić information content (AvgIpc) is 3.01. The number of rotatable bonds is 3. The van der Waals surface area contributed by atoms with Gasteiger partial charge in [0.15, 0.2) is 0 Å². The zero-order valence-electron chi connectivity index (χ0n) is 8.72. The molecule has 1 saturated carbocycles. The largest absolute Gasteiger partial charge is 0.461 e. The van der Waals surface area contributed by atoms with Crippen LogP contribution in [0.5, 0.6) is 0 Å². The quantitative estimate of drug-likeness (QED) is 0.764. The Morgan fingerprint density at radius 2 is 2.25 bits per heavy atom. The lowest BCUT2D eigenvalue weighted by molar-refractivity contribution is -0.146. The van der Waals surface area contributed by atoms with E-state index in [4.69, 9.17) is 15.7 Å².